The molecule has 0 radical (unpaired) electrons. The Morgan fingerprint density at radius 2 is 2.09 bits per heavy atom. The monoisotopic (exact) mass is 327 g/mol. The Labute approximate surface area is 138 Å². The predicted octanol–water partition coefficient (Wildman–Crippen LogP) is 4.12. The van der Waals surface area contributed by atoms with E-state index in [0.29, 0.717) is 29.1 Å². The van der Waals surface area contributed by atoms with Gasteiger partial charge in [0.2, 0.25) is 0 Å². The third-order valence-electron chi connectivity index (χ3n) is 3.40. The molecule has 0 aliphatic heterocycles. The maximum absolute atomic E-state index is 12.5. The molecule has 0 saturated carbocycles. The van der Waals surface area contributed by atoms with E-state index in [1.54, 1.807) is 12.1 Å². The first kappa shape index (κ1) is 15.4. The van der Waals surface area contributed by atoms with E-state index in [1.165, 1.54) is 0 Å². The van der Waals surface area contributed by atoms with Crippen LogP contribution >= 0.6 is 11.7 Å². The van der Waals surface area contributed by atoms with E-state index in [0.717, 1.165) is 30.1 Å². The molecule has 0 bridgehead atoms. The summed E-state index contributed by atoms with van der Waals surface area (Å²) < 4.78 is 14.0. The maximum Gasteiger partial charge on any atom is 0.255 e. The van der Waals surface area contributed by atoms with Crippen molar-refractivity contribution in [1.82, 2.24) is 8.75 Å². The van der Waals surface area contributed by atoms with Crippen molar-refractivity contribution < 1.29 is 9.53 Å². The Morgan fingerprint density at radius 3 is 2.96 bits per heavy atom. The minimum atomic E-state index is -0.188. The quantitative estimate of drug-likeness (QED) is 0.692. The van der Waals surface area contributed by atoms with Crippen LogP contribution in [0.4, 0.5) is 5.69 Å². The zero-order valence-electron chi connectivity index (χ0n) is 12.8. The van der Waals surface area contributed by atoms with Gasteiger partial charge in [0.1, 0.15) is 16.8 Å². The number of fused-ring (bicyclic) bond motifs is 1. The second-order valence-corrected chi connectivity index (χ2v) is 5.65. The molecular formula is C17H17N3O2S. The van der Waals surface area contributed by atoms with Gasteiger partial charge in [-0.2, -0.15) is 8.75 Å². The summed E-state index contributed by atoms with van der Waals surface area (Å²) >= 11 is 1.13. The minimum absolute atomic E-state index is 0.188. The first-order chi connectivity index (χ1) is 11.3. The number of hydrogen-bond acceptors (Lipinski definition) is 5. The maximum atomic E-state index is 12.5. The first-order valence-corrected chi connectivity index (χ1v) is 8.26. The number of anilines is 1. The van der Waals surface area contributed by atoms with Crippen LogP contribution in [0.1, 0.15) is 30.1 Å². The average Bonchev–Trinajstić information content (AvgIpc) is 3.05. The number of amides is 1. The summed E-state index contributed by atoms with van der Waals surface area (Å²) in [6.07, 6.45) is 2.07. The molecule has 5 nitrogen and oxygen atoms in total. The lowest BCUT2D eigenvalue weighted by Crippen LogP contribution is -2.12. The number of unbranched alkanes of at least 4 members (excludes halogenated alkanes) is 1. The molecule has 0 unspecified atom stereocenters. The molecule has 3 aromatic rings. The van der Waals surface area contributed by atoms with Gasteiger partial charge in [0.15, 0.2) is 0 Å². The standard InChI is InChI=1S/C17H17N3O2S/c1-2-3-10-22-13-7-4-6-12(11-13)17(21)18-14-8-5-9-15-16(14)20-23-19-15/h4-9,11H,2-3,10H2,1H3,(H,18,21). The topological polar surface area (TPSA) is 64.1 Å². The van der Waals surface area contributed by atoms with Crippen LogP contribution < -0.4 is 10.1 Å². The third kappa shape index (κ3) is 3.65. The number of carbonyl (C=O) groups is 1. The van der Waals surface area contributed by atoms with Gasteiger partial charge in [-0.3, -0.25) is 4.79 Å². The van der Waals surface area contributed by atoms with Crippen LogP contribution in [-0.4, -0.2) is 21.3 Å². The fraction of sp³-hybridized carbons (Fsp3) is 0.235. The molecule has 0 aliphatic carbocycles. The van der Waals surface area contributed by atoms with Crippen LogP contribution in [0.25, 0.3) is 11.0 Å². The van der Waals surface area contributed by atoms with Crippen LogP contribution in [0.15, 0.2) is 42.5 Å². The van der Waals surface area contributed by atoms with Crippen LogP contribution in [0.2, 0.25) is 0 Å². The van der Waals surface area contributed by atoms with Crippen molar-refractivity contribution >= 4 is 34.4 Å². The molecule has 0 spiro atoms. The summed E-state index contributed by atoms with van der Waals surface area (Å²) in [5.41, 5.74) is 2.71. The normalized spacial score (nSPS) is 10.7. The summed E-state index contributed by atoms with van der Waals surface area (Å²) in [5, 5.41) is 2.89. The highest BCUT2D eigenvalue weighted by molar-refractivity contribution is 7.00. The Kier molecular flexibility index (Phi) is 4.83. The molecular weight excluding hydrogens is 310 g/mol. The molecule has 0 saturated heterocycles. The molecule has 1 N–H and O–H groups in total. The van der Waals surface area contributed by atoms with Gasteiger partial charge in [-0.1, -0.05) is 25.5 Å². The lowest BCUT2D eigenvalue weighted by atomic mass is 10.2. The summed E-state index contributed by atoms with van der Waals surface area (Å²) in [4.78, 5) is 12.5. The van der Waals surface area contributed by atoms with Crippen molar-refractivity contribution in [3.05, 3.63) is 48.0 Å². The molecule has 1 heterocycles. The molecule has 23 heavy (non-hydrogen) atoms. The molecule has 3 rings (SSSR count). The Morgan fingerprint density at radius 1 is 1.22 bits per heavy atom. The van der Waals surface area contributed by atoms with E-state index in [-0.39, 0.29) is 5.91 Å². The fourth-order valence-electron chi connectivity index (χ4n) is 2.16. The lowest BCUT2D eigenvalue weighted by Gasteiger charge is -2.08. The minimum Gasteiger partial charge on any atom is -0.494 e. The summed E-state index contributed by atoms with van der Waals surface area (Å²) in [5.74, 6) is 0.520. The van der Waals surface area contributed by atoms with Gasteiger partial charge in [-0.15, -0.1) is 0 Å². The Hall–Kier alpha value is -2.47. The van der Waals surface area contributed by atoms with E-state index >= 15 is 0 Å². The Balaban J connectivity index is 1.75. The zero-order valence-corrected chi connectivity index (χ0v) is 13.6. The lowest BCUT2D eigenvalue weighted by molar-refractivity contribution is 0.102. The molecule has 6 heteroatoms. The number of benzene rings is 2. The number of aromatic nitrogens is 2. The van der Waals surface area contributed by atoms with Crippen molar-refractivity contribution in [3.8, 4) is 5.75 Å². The summed E-state index contributed by atoms with van der Waals surface area (Å²) in [6, 6.07) is 12.7. The number of hydrogen-bond donors (Lipinski definition) is 1. The number of nitrogens with one attached hydrogen (secondary N) is 1. The van der Waals surface area contributed by atoms with E-state index in [1.807, 2.05) is 30.3 Å². The molecule has 0 aliphatic rings. The van der Waals surface area contributed by atoms with Crippen LogP contribution in [0, 0.1) is 0 Å². The SMILES string of the molecule is CCCCOc1cccc(C(=O)Nc2cccc3nsnc23)c1. The van der Waals surface area contributed by atoms with Gasteiger partial charge >= 0.3 is 0 Å². The summed E-state index contributed by atoms with van der Waals surface area (Å²) in [7, 11) is 0. The summed E-state index contributed by atoms with van der Waals surface area (Å²) in [6.45, 7) is 2.77. The predicted molar refractivity (Wildman–Crippen MR) is 92.2 cm³/mol. The van der Waals surface area contributed by atoms with Crippen molar-refractivity contribution in [2.45, 2.75) is 19.8 Å². The highest BCUT2D eigenvalue weighted by atomic mass is 32.1. The molecule has 118 valence electrons. The van der Waals surface area contributed by atoms with E-state index in [4.69, 9.17) is 4.74 Å². The number of carbonyl (C=O) groups excluding carboxylic acids is 1. The highest BCUT2D eigenvalue weighted by Gasteiger charge is 2.11. The smallest absolute Gasteiger partial charge is 0.255 e. The number of nitrogens with zero attached hydrogens (tertiary/aromatic N) is 2. The first-order valence-electron chi connectivity index (χ1n) is 7.53. The van der Waals surface area contributed by atoms with E-state index in [2.05, 4.69) is 21.0 Å². The van der Waals surface area contributed by atoms with Crippen LogP contribution in [0.5, 0.6) is 5.75 Å². The largest absolute Gasteiger partial charge is 0.494 e. The number of rotatable bonds is 6. The zero-order chi connectivity index (χ0) is 16.1. The Bertz CT molecular complexity index is 816. The van der Waals surface area contributed by atoms with Gasteiger partial charge < -0.3 is 10.1 Å². The molecule has 1 aromatic heterocycles. The van der Waals surface area contributed by atoms with E-state index < -0.39 is 0 Å². The molecule has 1 amide bonds. The van der Waals surface area contributed by atoms with Crippen molar-refractivity contribution in [1.29, 1.82) is 0 Å². The average molecular weight is 327 g/mol. The van der Waals surface area contributed by atoms with E-state index in [9.17, 15) is 4.79 Å². The van der Waals surface area contributed by atoms with Gasteiger partial charge in [0.25, 0.3) is 5.91 Å². The third-order valence-corrected chi connectivity index (χ3v) is 3.94. The van der Waals surface area contributed by atoms with Crippen LogP contribution in [-0.2, 0) is 0 Å². The molecule has 0 fully saturated rings. The molecule has 0 atom stereocenters. The van der Waals surface area contributed by atoms with Gasteiger partial charge in [0, 0.05) is 5.56 Å². The van der Waals surface area contributed by atoms with Gasteiger partial charge in [-0.25, -0.2) is 0 Å². The van der Waals surface area contributed by atoms with Gasteiger partial charge in [0.05, 0.1) is 24.0 Å². The van der Waals surface area contributed by atoms with Crippen LogP contribution in [0.3, 0.4) is 0 Å². The molecule has 2 aromatic carbocycles. The van der Waals surface area contributed by atoms with Crippen molar-refractivity contribution in [2.24, 2.45) is 0 Å². The van der Waals surface area contributed by atoms with Crippen molar-refractivity contribution in [2.75, 3.05) is 11.9 Å². The fourth-order valence-corrected chi connectivity index (χ4v) is 2.71. The second kappa shape index (κ2) is 7.19. The number of ether oxygens (including phenoxy) is 1. The van der Waals surface area contributed by atoms with Gasteiger partial charge in [-0.05, 0) is 36.8 Å². The highest BCUT2D eigenvalue weighted by Crippen LogP contribution is 2.22. The van der Waals surface area contributed by atoms with Crippen molar-refractivity contribution in [3.63, 3.8) is 0 Å². The second-order valence-electron chi connectivity index (χ2n) is 5.12.